The highest BCUT2D eigenvalue weighted by Crippen LogP contribution is 2.23. The zero-order valence-corrected chi connectivity index (χ0v) is 13.0. The summed E-state index contributed by atoms with van der Waals surface area (Å²) in [4.78, 5) is 23.1. The SMILES string of the molecule is Cc1cncc(N2CCC(C(=O)Nc3ccc(F)cc3)CC2)n1. The van der Waals surface area contributed by atoms with E-state index in [2.05, 4.69) is 20.2 Å². The molecule has 23 heavy (non-hydrogen) atoms. The summed E-state index contributed by atoms with van der Waals surface area (Å²) in [6.07, 6.45) is 5.02. The van der Waals surface area contributed by atoms with Gasteiger partial charge in [0, 0.05) is 30.9 Å². The van der Waals surface area contributed by atoms with Crippen molar-refractivity contribution in [1.29, 1.82) is 0 Å². The highest BCUT2D eigenvalue weighted by atomic mass is 19.1. The van der Waals surface area contributed by atoms with Gasteiger partial charge in [0.15, 0.2) is 0 Å². The van der Waals surface area contributed by atoms with Crippen molar-refractivity contribution in [2.45, 2.75) is 19.8 Å². The van der Waals surface area contributed by atoms with Crippen LogP contribution >= 0.6 is 0 Å². The predicted octanol–water partition coefficient (Wildman–Crippen LogP) is 2.78. The van der Waals surface area contributed by atoms with Crippen LogP contribution in [0.2, 0.25) is 0 Å². The van der Waals surface area contributed by atoms with Gasteiger partial charge in [0.05, 0.1) is 11.9 Å². The second-order valence-corrected chi connectivity index (χ2v) is 5.78. The van der Waals surface area contributed by atoms with E-state index < -0.39 is 0 Å². The van der Waals surface area contributed by atoms with Crippen molar-refractivity contribution in [2.75, 3.05) is 23.3 Å². The van der Waals surface area contributed by atoms with E-state index in [0.717, 1.165) is 37.4 Å². The lowest BCUT2D eigenvalue weighted by Crippen LogP contribution is -2.38. The molecular formula is C17H19FN4O. The highest BCUT2D eigenvalue weighted by molar-refractivity contribution is 5.92. The molecule has 0 radical (unpaired) electrons. The third-order valence-corrected chi connectivity index (χ3v) is 4.04. The van der Waals surface area contributed by atoms with Gasteiger partial charge in [-0.3, -0.25) is 9.78 Å². The summed E-state index contributed by atoms with van der Waals surface area (Å²) in [7, 11) is 0. The Morgan fingerprint density at radius 1 is 1.22 bits per heavy atom. The van der Waals surface area contributed by atoms with Crippen LogP contribution in [0.5, 0.6) is 0 Å². The van der Waals surface area contributed by atoms with Crippen LogP contribution in [0.1, 0.15) is 18.5 Å². The molecule has 0 aliphatic carbocycles. The molecule has 5 nitrogen and oxygen atoms in total. The van der Waals surface area contributed by atoms with E-state index in [1.807, 2.05) is 6.92 Å². The Bertz CT molecular complexity index is 681. The molecule has 0 spiro atoms. The molecule has 120 valence electrons. The number of halogens is 1. The molecule has 1 aliphatic rings. The Hall–Kier alpha value is -2.50. The molecule has 6 heteroatoms. The first kappa shape index (κ1) is 15.4. The second-order valence-electron chi connectivity index (χ2n) is 5.78. The summed E-state index contributed by atoms with van der Waals surface area (Å²) in [6, 6.07) is 5.83. The van der Waals surface area contributed by atoms with Crippen molar-refractivity contribution in [3.63, 3.8) is 0 Å². The van der Waals surface area contributed by atoms with Crippen LogP contribution in [0.3, 0.4) is 0 Å². The molecule has 0 atom stereocenters. The Balaban J connectivity index is 1.56. The third-order valence-electron chi connectivity index (χ3n) is 4.04. The maximum Gasteiger partial charge on any atom is 0.227 e. The van der Waals surface area contributed by atoms with Crippen LogP contribution in [-0.2, 0) is 4.79 Å². The number of hydrogen-bond acceptors (Lipinski definition) is 4. The van der Waals surface area contributed by atoms with Gasteiger partial charge in [0.1, 0.15) is 11.6 Å². The van der Waals surface area contributed by atoms with Gasteiger partial charge < -0.3 is 10.2 Å². The normalized spacial score (nSPS) is 15.5. The number of hydrogen-bond donors (Lipinski definition) is 1. The van der Waals surface area contributed by atoms with Crippen LogP contribution in [0.4, 0.5) is 15.9 Å². The van der Waals surface area contributed by atoms with Gasteiger partial charge in [0.2, 0.25) is 5.91 Å². The van der Waals surface area contributed by atoms with Gasteiger partial charge in [0.25, 0.3) is 0 Å². The number of aromatic nitrogens is 2. The van der Waals surface area contributed by atoms with Crippen LogP contribution in [0.25, 0.3) is 0 Å². The number of carbonyl (C=O) groups excluding carboxylic acids is 1. The van der Waals surface area contributed by atoms with Gasteiger partial charge in [-0.2, -0.15) is 0 Å². The lowest BCUT2D eigenvalue weighted by Gasteiger charge is -2.32. The molecule has 0 bridgehead atoms. The van der Waals surface area contributed by atoms with Crippen LogP contribution in [0, 0.1) is 18.7 Å². The van der Waals surface area contributed by atoms with E-state index in [1.165, 1.54) is 12.1 Å². The quantitative estimate of drug-likeness (QED) is 0.946. The predicted molar refractivity (Wildman–Crippen MR) is 86.7 cm³/mol. The van der Waals surface area contributed by atoms with Gasteiger partial charge in [-0.05, 0) is 44.0 Å². The molecule has 1 aliphatic heterocycles. The molecule has 1 amide bonds. The Kier molecular flexibility index (Phi) is 4.50. The van der Waals surface area contributed by atoms with Gasteiger partial charge in [-0.1, -0.05) is 0 Å². The number of nitrogens with zero attached hydrogens (tertiary/aromatic N) is 3. The Morgan fingerprint density at radius 3 is 2.57 bits per heavy atom. The fraction of sp³-hybridized carbons (Fsp3) is 0.353. The number of aryl methyl sites for hydroxylation is 1. The summed E-state index contributed by atoms with van der Waals surface area (Å²) in [5, 5.41) is 2.85. The molecule has 0 unspecified atom stereocenters. The summed E-state index contributed by atoms with van der Waals surface area (Å²) < 4.78 is 12.9. The number of amides is 1. The maximum absolute atomic E-state index is 12.9. The zero-order valence-electron chi connectivity index (χ0n) is 13.0. The van der Waals surface area contributed by atoms with E-state index >= 15 is 0 Å². The summed E-state index contributed by atoms with van der Waals surface area (Å²) in [5.41, 5.74) is 1.52. The fourth-order valence-corrected chi connectivity index (χ4v) is 2.75. The van der Waals surface area contributed by atoms with Crippen molar-refractivity contribution in [2.24, 2.45) is 5.92 Å². The largest absolute Gasteiger partial charge is 0.355 e. The maximum atomic E-state index is 12.9. The molecule has 1 fully saturated rings. The van der Waals surface area contributed by atoms with Gasteiger partial charge in [-0.15, -0.1) is 0 Å². The smallest absolute Gasteiger partial charge is 0.227 e. The first-order valence-corrected chi connectivity index (χ1v) is 7.72. The van der Waals surface area contributed by atoms with Crippen LogP contribution in [0.15, 0.2) is 36.7 Å². The molecule has 1 aromatic carbocycles. The number of anilines is 2. The Labute approximate surface area is 134 Å². The lowest BCUT2D eigenvalue weighted by molar-refractivity contribution is -0.120. The van der Waals surface area contributed by atoms with E-state index in [-0.39, 0.29) is 17.6 Å². The first-order chi connectivity index (χ1) is 11.1. The van der Waals surface area contributed by atoms with Crippen LogP contribution < -0.4 is 10.2 Å². The monoisotopic (exact) mass is 314 g/mol. The van der Waals surface area contributed by atoms with Crippen LogP contribution in [-0.4, -0.2) is 29.0 Å². The number of rotatable bonds is 3. The Morgan fingerprint density at radius 2 is 1.91 bits per heavy atom. The third kappa shape index (κ3) is 3.83. The van der Waals surface area contributed by atoms with Crippen molar-refractivity contribution in [3.05, 3.63) is 48.2 Å². The first-order valence-electron chi connectivity index (χ1n) is 7.72. The summed E-state index contributed by atoms with van der Waals surface area (Å²) in [5.74, 6) is 0.513. The molecule has 2 aromatic rings. The van der Waals surface area contributed by atoms with Crippen molar-refractivity contribution in [1.82, 2.24) is 9.97 Å². The topological polar surface area (TPSA) is 58.1 Å². The van der Waals surface area contributed by atoms with E-state index in [9.17, 15) is 9.18 Å². The van der Waals surface area contributed by atoms with E-state index in [4.69, 9.17) is 0 Å². The van der Waals surface area contributed by atoms with Gasteiger partial charge >= 0.3 is 0 Å². The minimum absolute atomic E-state index is 0.00779. The minimum Gasteiger partial charge on any atom is -0.355 e. The molecule has 1 N–H and O–H groups in total. The number of nitrogens with one attached hydrogen (secondary N) is 1. The average molecular weight is 314 g/mol. The lowest BCUT2D eigenvalue weighted by atomic mass is 9.96. The molecule has 2 heterocycles. The van der Waals surface area contributed by atoms with E-state index in [1.54, 1.807) is 24.5 Å². The molecule has 0 saturated carbocycles. The van der Waals surface area contributed by atoms with E-state index in [0.29, 0.717) is 5.69 Å². The number of piperidine rings is 1. The molecule has 1 aromatic heterocycles. The van der Waals surface area contributed by atoms with Crippen molar-refractivity contribution < 1.29 is 9.18 Å². The minimum atomic E-state index is -0.310. The average Bonchev–Trinajstić information content (AvgIpc) is 2.57. The fourth-order valence-electron chi connectivity index (χ4n) is 2.75. The molecule has 1 saturated heterocycles. The van der Waals surface area contributed by atoms with Gasteiger partial charge in [-0.25, -0.2) is 9.37 Å². The highest BCUT2D eigenvalue weighted by Gasteiger charge is 2.25. The standard InChI is InChI=1S/C17H19FN4O/c1-12-10-19-11-16(20-12)22-8-6-13(7-9-22)17(23)21-15-4-2-14(18)3-5-15/h2-5,10-11,13H,6-9H2,1H3,(H,21,23). The van der Waals surface area contributed by atoms with Crippen molar-refractivity contribution >= 4 is 17.4 Å². The molecular weight excluding hydrogens is 295 g/mol. The molecule has 3 rings (SSSR count). The van der Waals surface area contributed by atoms with Crippen molar-refractivity contribution in [3.8, 4) is 0 Å². The second kappa shape index (κ2) is 6.73. The number of carbonyl (C=O) groups is 1. The summed E-state index contributed by atoms with van der Waals surface area (Å²) in [6.45, 7) is 3.47. The summed E-state index contributed by atoms with van der Waals surface area (Å²) >= 11 is 0. The zero-order chi connectivity index (χ0) is 16.2. The number of benzene rings is 1.